The van der Waals surface area contributed by atoms with Crippen molar-refractivity contribution < 1.29 is 37.9 Å². The van der Waals surface area contributed by atoms with E-state index >= 15 is 0 Å². The number of aryl methyl sites for hydroxylation is 1. The molecule has 3 N–H and O–H groups in total. The van der Waals surface area contributed by atoms with E-state index in [1.165, 1.54) is 18.7 Å². The van der Waals surface area contributed by atoms with Crippen molar-refractivity contribution in [2.75, 3.05) is 31.6 Å². The van der Waals surface area contributed by atoms with Gasteiger partial charge in [-0.2, -0.15) is 11.8 Å². The van der Waals surface area contributed by atoms with Crippen LogP contribution in [-0.2, 0) is 25.7 Å². The highest BCUT2D eigenvalue weighted by Crippen LogP contribution is 2.10. The average Bonchev–Trinajstić information content (AvgIpc) is 3.08. The van der Waals surface area contributed by atoms with Gasteiger partial charge in [-0.25, -0.2) is 9.59 Å². The molecule has 0 aliphatic carbocycles. The van der Waals surface area contributed by atoms with Crippen molar-refractivity contribution in [1.29, 1.82) is 0 Å². The number of carbonyl (C=O) groups is 4. The Morgan fingerprint density at radius 3 is 2.41 bits per heavy atom. The summed E-state index contributed by atoms with van der Waals surface area (Å²) in [5, 5.41) is 13.8. The van der Waals surface area contributed by atoms with E-state index in [2.05, 4.69) is 10.6 Å². The number of carbonyl (C=O) groups excluding carboxylic acids is 3. The highest BCUT2D eigenvalue weighted by molar-refractivity contribution is 7.98. The van der Waals surface area contributed by atoms with Gasteiger partial charge in [-0.15, -0.1) is 0 Å². The molecule has 0 bridgehead atoms. The first-order valence-electron chi connectivity index (χ1n) is 10.9. The van der Waals surface area contributed by atoms with Crippen molar-refractivity contribution in [1.82, 2.24) is 15.5 Å². The zero-order chi connectivity index (χ0) is 25.5. The van der Waals surface area contributed by atoms with E-state index in [0.717, 1.165) is 31.4 Å². The molecule has 3 amide bonds. The van der Waals surface area contributed by atoms with Crippen molar-refractivity contribution in [3.8, 4) is 0 Å². The maximum atomic E-state index is 12.6. The quantitative estimate of drug-likeness (QED) is 0.281. The zero-order valence-corrected chi connectivity index (χ0v) is 20.5. The number of thioether (sulfide) groups is 1. The third-order valence-corrected chi connectivity index (χ3v) is 5.40. The number of ether oxygens (including phenoxy) is 1. The summed E-state index contributed by atoms with van der Waals surface area (Å²) in [6, 6.07) is -1.22. The van der Waals surface area contributed by atoms with Gasteiger partial charge in [0.25, 0.3) is 0 Å². The number of carboxylic acid groups (broad SMARTS) is 1. The summed E-state index contributed by atoms with van der Waals surface area (Å²) in [6.07, 6.45) is 4.55. The Labute approximate surface area is 201 Å². The highest BCUT2D eigenvalue weighted by Gasteiger charge is 2.23. The van der Waals surface area contributed by atoms with Crippen LogP contribution >= 0.6 is 11.8 Å². The van der Waals surface area contributed by atoms with E-state index in [1.54, 1.807) is 11.8 Å². The molecule has 0 unspecified atom stereocenters. The molecule has 1 rings (SSSR count). The minimum absolute atomic E-state index is 0.0237. The van der Waals surface area contributed by atoms with E-state index in [9.17, 15) is 24.0 Å². The van der Waals surface area contributed by atoms with E-state index < -0.39 is 42.2 Å². The van der Waals surface area contributed by atoms with Crippen LogP contribution in [0.5, 0.6) is 0 Å². The summed E-state index contributed by atoms with van der Waals surface area (Å²) in [5.41, 5.74) is 0. The molecular weight excluding hydrogens is 470 g/mol. The number of amides is 3. The van der Waals surface area contributed by atoms with Gasteiger partial charge in [0.2, 0.25) is 11.8 Å². The lowest BCUT2D eigenvalue weighted by atomic mass is 10.2. The number of hydrogen-bond acceptors (Lipinski definition) is 9. The van der Waals surface area contributed by atoms with Crippen LogP contribution in [0.4, 0.5) is 4.79 Å². The van der Waals surface area contributed by atoms with Gasteiger partial charge in [0, 0.05) is 26.6 Å². The molecule has 13 heteroatoms. The van der Waals surface area contributed by atoms with Crippen LogP contribution in [0.15, 0.2) is 13.6 Å². The summed E-state index contributed by atoms with van der Waals surface area (Å²) in [6.45, 7) is 2.92. The second-order valence-electron chi connectivity index (χ2n) is 7.52. The molecule has 1 aromatic rings. The van der Waals surface area contributed by atoms with Gasteiger partial charge in [-0.1, -0.05) is 12.8 Å². The smallest absolute Gasteiger partial charge is 0.481 e. The molecule has 192 valence electrons. The minimum atomic E-state index is -1.23. The Bertz CT molecular complexity index is 852. The SMILES string of the molecule is CSCCCCCCN(CCNC(=O)[C@H](CC(=O)O)NC(C)=O)C(=O)OCc1oc(=O)oc1C. The largest absolute Gasteiger partial charge is 0.519 e. The summed E-state index contributed by atoms with van der Waals surface area (Å²) in [4.78, 5) is 59.7. The molecule has 0 saturated carbocycles. The molecule has 1 heterocycles. The topological polar surface area (TPSA) is 168 Å². The van der Waals surface area contributed by atoms with Gasteiger partial charge < -0.3 is 34.2 Å². The van der Waals surface area contributed by atoms with E-state index in [-0.39, 0.29) is 31.2 Å². The van der Waals surface area contributed by atoms with Crippen LogP contribution in [0.1, 0.15) is 50.5 Å². The number of aliphatic carboxylic acids is 1. The molecule has 1 aromatic heterocycles. The van der Waals surface area contributed by atoms with Gasteiger partial charge in [-0.3, -0.25) is 14.4 Å². The summed E-state index contributed by atoms with van der Waals surface area (Å²) in [5.74, 6) is -1.93. The number of nitrogens with zero attached hydrogens (tertiary/aromatic N) is 1. The molecule has 0 aliphatic heterocycles. The van der Waals surface area contributed by atoms with Crippen molar-refractivity contribution in [3.05, 3.63) is 22.1 Å². The van der Waals surface area contributed by atoms with Gasteiger partial charge >= 0.3 is 17.9 Å². The predicted molar refractivity (Wildman–Crippen MR) is 123 cm³/mol. The summed E-state index contributed by atoms with van der Waals surface area (Å²) in [7, 11) is 0. The van der Waals surface area contributed by atoms with Crippen molar-refractivity contribution in [2.45, 2.75) is 58.6 Å². The van der Waals surface area contributed by atoms with E-state index in [1.807, 2.05) is 6.26 Å². The molecule has 0 spiro atoms. The monoisotopic (exact) mass is 503 g/mol. The third-order valence-electron chi connectivity index (χ3n) is 4.70. The standard InChI is InChI=1S/C21H33N3O9S/c1-14-17(33-21(30)32-14)13-31-20(29)24(9-6-4-5-7-11-34-3)10-8-22-19(28)16(12-18(26)27)23-15(2)25/h16H,4-13H2,1-3H3,(H,22,28)(H,23,25)(H,26,27)/t16-/m0/s1. The fourth-order valence-electron chi connectivity index (χ4n) is 2.99. The van der Waals surface area contributed by atoms with Crippen molar-refractivity contribution in [3.63, 3.8) is 0 Å². The van der Waals surface area contributed by atoms with Crippen molar-refractivity contribution >= 4 is 35.6 Å². The fraction of sp³-hybridized carbons (Fsp3) is 0.667. The number of unbranched alkanes of at least 4 members (excludes halogenated alkanes) is 3. The van der Waals surface area contributed by atoms with Crippen LogP contribution in [-0.4, -0.2) is 71.6 Å². The van der Waals surface area contributed by atoms with Crippen LogP contribution in [0.3, 0.4) is 0 Å². The summed E-state index contributed by atoms with van der Waals surface area (Å²) < 4.78 is 14.8. The molecule has 34 heavy (non-hydrogen) atoms. The summed E-state index contributed by atoms with van der Waals surface area (Å²) >= 11 is 1.77. The lowest BCUT2D eigenvalue weighted by molar-refractivity contribution is -0.140. The zero-order valence-electron chi connectivity index (χ0n) is 19.7. The fourth-order valence-corrected chi connectivity index (χ4v) is 3.48. The highest BCUT2D eigenvalue weighted by atomic mass is 32.2. The molecule has 1 atom stereocenters. The van der Waals surface area contributed by atoms with Gasteiger partial charge in [0.15, 0.2) is 18.1 Å². The molecule has 0 saturated heterocycles. The first kappa shape index (κ1) is 29.1. The second kappa shape index (κ2) is 15.8. The Morgan fingerprint density at radius 1 is 1.12 bits per heavy atom. The number of hydrogen-bond donors (Lipinski definition) is 3. The van der Waals surface area contributed by atoms with E-state index in [4.69, 9.17) is 18.7 Å². The Morgan fingerprint density at radius 2 is 1.82 bits per heavy atom. The Kier molecular flexibility index (Phi) is 13.5. The Balaban J connectivity index is 2.65. The van der Waals surface area contributed by atoms with E-state index in [0.29, 0.717) is 6.54 Å². The van der Waals surface area contributed by atoms with Crippen LogP contribution in [0.25, 0.3) is 0 Å². The molecule has 0 aliphatic rings. The van der Waals surface area contributed by atoms with Gasteiger partial charge in [0.05, 0.1) is 6.42 Å². The van der Waals surface area contributed by atoms with Gasteiger partial charge in [-0.05, 0) is 31.8 Å². The molecule has 0 fully saturated rings. The molecule has 12 nitrogen and oxygen atoms in total. The maximum Gasteiger partial charge on any atom is 0.519 e. The average molecular weight is 504 g/mol. The lowest BCUT2D eigenvalue weighted by Gasteiger charge is -2.23. The number of rotatable bonds is 16. The number of nitrogens with one attached hydrogen (secondary N) is 2. The Hall–Kier alpha value is -2.96. The molecule has 0 radical (unpaired) electrons. The lowest BCUT2D eigenvalue weighted by Crippen LogP contribution is -2.49. The third kappa shape index (κ3) is 11.8. The molecular formula is C21H33N3O9S. The van der Waals surface area contributed by atoms with Crippen LogP contribution < -0.4 is 16.5 Å². The van der Waals surface area contributed by atoms with Crippen molar-refractivity contribution in [2.24, 2.45) is 0 Å². The maximum absolute atomic E-state index is 12.6. The van der Waals surface area contributed by atoms with Crippen LogP contribution in [0.2, 0.25) is 0 Å². The first-order chi connectivity index (χ1) is 16.1. The minimum Gasteiger partial charge on any atom is -0.481 e. The second-order valence-corrected chi connectivity index (χ2v) is 8.51. The predicted octanol–water partition coefficient (Wildman–Crippen LogP) is 1.50. The normalized spacial score (nSPS) is 11.5. The number of carboxylic acids is 1. The molecule has 0 aromatic carbocycles. The first-order valence-corrected chi connectivity index (χ1v) is 12.3. The van der Waals surface area contributed by atoms with Crippen LogP contribution in [0, 0.1) is 6.92 Å². The van der Waals surface area contributed by atoms with Gasteiger partial charge in [0.1, 0.15) is 6.04 Å².